The smallest absolute Gasteiger partial charge is 0.195 e. The van der Waals surface area contributed by atoms with Gasteiger partial charge >= 0.3 is 0 Å². The number of phenols is 1. The maximum Gasteiger partial charge on any atom is 0.195 e. The number of guanidine groups is 1. The molecule has 0 aromatic heterocycles. The molecule has 8 heteroatoms. The summed E-state index contributed by atoms with van der Waals surface area (Å²) < 4.78 is 23.8. The van der Waals surface area contributed by atoms with Crippen LogP contribution in [0.5, 0.6) is 17.2 Å². The highest BCUT2D eigenvalue weighted by Crippen LogP contribution is 2.29. The number of methoxy groups -OCH3 is 2. The second-order valence-electron chi connectivity index (χ2n) is 4.91. The van der Waals surface area contributed by atoms with Crippen LogP contribution in [0.1, 0.15) is 5.56 Å². The molecule has 6 nitrogen and oxygen atoms in total. The fraction of sp³-hybridized carbons (Fsp3) is 0.235. The first kappa shape index (κ1) is 20.8. The van der Waals surface area contributed by atoms with Gasteiger partial charge in [-0.3, -0.25) is 4.99 Å². The van der Waals surface area contributed by atoms with E-state index in [9.17, 15) is 9.50 Å². The maximum absolute atomic E-state index is 13.3. The van der Waals surface area contributed by atoms with Crippen LogP contribution in [0.3, 0.4) is 0 Å². The highest BCUT2D eigenvalue weighted by Gasteiger charge is 2.07. The first-order chi connectivity index (χ1) is 11.6. The molecule has 0 bridgehead atoms. The molecule has 0 radical (unpaired) electrons. The second-order valence-corrected chi connectivity index (χ2v) is 4.91. The summed E-state index contributed by atoms with van der Waals surface area (Å²) in [6.07, 6.45) is 0. The van der Waals surface area contributed by atoms with E-state index in [1.165, 1.54) is 12.1 Å². The third kappa shape index (κ3) is 5.66. The molecule has 0 fully saturated rings. The Kier molecular flexibility index (Phi) is 8.26. The Morgan fingerprint density at radius 2 is 1.84 bits per heavy atom. The molecule has 136 valence electrons. The lowest BCUT2D eigenvalue weighted by Gasteiger charge is -2.14. The van der Waals surface area contributed by atoms with Crippen molar-refractivity contribution < 1.29 is 19.0 Å². The molecule has 0 heterocycles. The molecule has 0 saturated heterocycles. The van der Waals surface area contributed by atoms with E-state index in [-0.39, 0.29) is 29.7 Å². The zero-order valence-corrected chi connectivity index (χ0v) is 16.5. The van der Waals surface area contributed by atoms with Crippen LogP contribution in [-0.4, -0.2) is 32.3 Å². The van der Waals surface area contributed by atoms with Crippen molar-refractivity contribution in [2.45, 2.75) is 6.54 Å². The molecular formula is C17H21FIN3O3. The molecule has 0 amide bonds. The Labute approximate surface area is 163 Å². The number of benzene rings is 2. The molecule has 0 aliphatic heterocycles. The summed E-state index contributed by atoms with van der Waals surface area (Å²) in [6.45, 7) is 0.351. The number of anilines is 1. The van der Waals surface area contributed by atoms with Gasteiger partial charge in [0.1, 0.15) is 0 Å². The lowest BCUT2D eigenvalue weighted by atomic mass is 10.2. The van der Waals surface area contributed by atoms with E-state index in [0.29, 0.717) is 29.6 Å². The number of hydrogen-bond donors (Lipinski definition) is 3. The second kappa shape index (κ2) is 9.92. The van der Waals surface area contributed by atoms with Crippen LogP contribution < -0.4 is 20.1 Å². The van der Waals surface area contributed by atoms with Crippen molar-refractivity contribution in [2.24, 2.45) is 4.99 Å². The van der Waals surface area contributed by atoms with Crippen molar-refractivity contribution in [1.29, 1.82) is 0 Å². The van der Waals surface area contributed by atoms with Crippen LogP contribution in [-0.2, 0) is 6.54 Å². The van der Waals surface area contributed by atoms with Crippen molar-refractivity contribution in [3.8, 4) is 17.2 Å². The molecule has 0 saturated carbocycles. The van der Waals surface area contributed by atoms with E-state index in [0.717, 1.165) is 5.69 Å². The van der Waals surface area contributed by atoms with Gasteiger partial charge in [-0.2, -0.15) is 0 Å². The fourth-order valence-corrected chi connectivity index (χ4v) is 2.08. The Balaban J connectivity index is 0.00000312. The summed E-state index contributed by atoms with van der Waals surface area (Å²) in [4.78, 5) is 4.12. The molecule has 3 N–H and O–H groups in total. The number of nitrogens with zero attached hydrogens (tertiary/aromatic N) is 1. The number of phenolic OH excluding ortho intramolecular Hbond substituents is 1. The van der Waals surface area contributed by atoms with Crippen LogP contribution in [0, 0.1) is 5.82 Å². The zero-order chi connectivity index (χ0) is 17.5. The Morgan fingerprint density at radius 1 is 1.12 bits per heavy atom. The summed E-state index contributed by atoms with van der Waals surface area (Å²) in [7, 11) is 4.77. The molecule has 0 aliphatic rings. The Morgan fingerprint density at radius 3 is 2.44 bits per heavy atom. The molecule has 0 unspecified atom stereocenters. The molecule has 2 rings (SSSR count). The Bertz CT molecular complexity index is 741. The van der Waals surface area contributed by atoms with Crippen molar-refractivity contribution in [3.63, 3.8) is 0 Å². The van der Waals surface area contributed by atoms with Gasteiger partial charge in [0.05, 0.1) is 14.2 Å². The molecule has 25 heavy (non-hydrogen) atoms. The first-order valence-electron chi connectivity index (χ1n) is 7.24. The van der Waals surface area contributed by atoms with Gasteiger partial charge in [-0.1, -0.05) is 6.07 Å². The van der Waals surface area contributed by atoms with Gasteiger partial charge in [0.25, 0.3) is 0 Å². The number of aliphatic imine (C=N–C) groups is 1. The summed E-state index contributed by atoms with van der Waals surface area (Å²) in [6, 6.07) is 9.61. The van der Waals surface area contributed by atoms with Gasteiger partial charge in [0.15, 0.2) is 29.0 Å². The van der Waals surface area contributed by atoms with Crippen molar-refractivity contribution in [3.05, 3.63) is 47.8 Å². The quantitative estimate of drug-likeness (QED) is 0.362. The van der Waals surface area contributed by atoms with Gasteiger partial charge in [0.2, 0.25) is 0 Å². The molecule has 0 aliphatic carbocycles. The molecule has 2 aromatic carbocycles. The molecular weight excluding hydrogens is 440 g/mol. The van der Waals surface area contributed by atoms with Crippen LogP contribution >= 0.6 is 24.0 Å². The normalized spacial score (nSPS) is 10.6. The lowest BCUT2D eigenvalue weighted by Crippen LogP contribution is -2.30. The van der Waals surface area contributed by atoms with E-state index in [1.807, 2.05) is 6.07 Å². The zero-order valence-electron chi connectivity index (χ0n) is 14.2. The highest BCUT2D eigenvalue weighted by atomic mass is 127. The lowest BCUT2D eigenvalue weighted by molar-refractivity contribution is 0.355. The van der Waals surface area contributed by atoms with Crippen molar-refractivity contribution >= 4 is 35.6 Å². The van der Waals surface area contributed by atoms with Crippen molar-refractivity contribution in [2.75, 3.05) is 26.6 Å². The third-order valence-electron chi connectivity index (χ3n) is 3.34. The minimum atomic E-state index is -0.655. The average Bonchev–Trinajstić information content (AvgIpc) is 2.61. The maximum atomic E-state index is 13.3. The van der Waals surface area contributed by atoms with E-state index in [2.05, 4.69) is 15.6 Å². The minimum absolute atomic E-state index is 0. The van der Waals surface area contributed by atoms with Gasteiger partial charge in [-0.25, -0.2) is 4.39 Å². The van der Waals surface area contributed by atoms with Crippen molar-refractivity contribution in [1.82, 2.24) is 5.32 Å². The van der Waals surface area contributed by atoms with Crippen LogP contribution in [0.15, 0.2) is 41.4 Å². The van der Waals surface area contributed by atoms with Crippen LogP contribution in [0.25, 0.3) is 0 Å². The van der Waals surface area contributed by atoms with E-state index < -0.39 is 5.82 Å². The number of halogens is 2. The van der Waals surface area contributed by atoms with Crippen LogP contribution in [0.4, 0.5) is 10.1 Å². The minimum Gasteiger partial charge on any atom is -0.505 e. The van der Waals surface area contributed by atoms with E-state index in [1.54, 1.807) is 39.5 Å². The number of nitrogens with one attached hydrogen (secondary N) is 2. The summed E-state index contributed by atoms with van der Waals surface area (Å²) in [5.41, 5.74) is 1.44. The van der Waals surface area contributed by atoms with Gasteiger partial charge in [-0.15, -0.1) is 24.0 Å². The predicted molar refractivity (Wildman–Crippen MR) is 107 cm³/mol. The van der Waals surface area contributed by atoms with Gasteiger partial charge < -0.3 is 25.2 Å². The Hall–Kier alpha value is -2.23. The summed E-state index contributed by atoms with van der Waals surface area (Å²) in [5.74, 6) is 0.712. The molecule has 2 aromatic rings. The molecule has 0 atom stereocenters. The fourth-order valence-electron chi connectivity index (χ4n) is 2.08. The summed E-state index contributed by atoms with van der Waals surface area (Å²) >= 11 is 0. The number of rotatable bonds is 5. The number of aromatic hydroxyl groups is 1. The number of ether oxygens (including phenoxy) is 2. The predicted octanol–water partition coefficient (Wildman–Crippen LogP) is 3.35. The monoisotopic (exact) mass is 461 g/mol. The van der Waals surface area contributed by atoms with Crippen LogP contribution in [0.2, 0.25) is 0 Å². The summed E-state index contributed by atoms with van der Waals surface area (Å²) in [5, 5.41) is 15.4. The standard InChI is InChI=1S/C17H20FN3O3.HI/c1-19-17(20-10-11-4-6-14(22)13(18)8-11)21-12-5-7-15(23-2)16(9-12)24-3;/h4-9,22H,10H2,1-3H3,(H2,19,20,21);1H. The van der Waals surface area contributed by atoms with E-state index in [4.69, 9.17) is 9.47 Å². The van der Waals surface area contributed by atoms with E-state index >= 15 is 0 Å². The topological polar surface area (TPSA) is 75.1 Å². The average molecular weight is 461 g/mol. The molecule has 0 spiro atoms. The van der Waals surface area contributed by atoms with Gasteiger partial charge in [-0.05, 0) is 29.8 Å². The number of hydrogen-bond acceptors (Lipinski definition) is 4. The highest BCUT2D eigenvalue weighted by molar-refractivity contribution is 14.0. The van der Waals surface area contributed by atoms with Gasteiger partial charge in [0, 0.05) is 25.3 Å². The SMILES string of the molecule is CN=C(NCc1ccc(O)c(F)c1)Nc1ccc(OC)c(OC)c1.I. The third-order valence-corrected chi connectivity index (χ3v) is 3.34. The largest absolute Gasteiger partial charge is 0.505 e. The first-order valence-corrected chi connectivity index (χ1v) is 7.24.